The van der Waals surface area contributed by atoms with Gasteiger partial charge in [0.05, 0.1) is 15.9 Å². The third kappa shape index (κ3) is 3.08. The number of hydrogen-bond donors (Lipinski definition) is 1. The van der Waals surface area contributed by atoms with Crippen LogP contribution in [0, 0.1) is 0 Å². The highest BCUT2D eigenvalue weighted by molar-refractivity contribution is 9.10. The number of halogens is 1. The molecule has 92 valence electrons. The molecule has 1 aromatic rings. The van der Waals surface area contributed by atoms with Crippen LogP contribution in [0.25, 0.3) is 0 Å². The maximum absolute atomic E-state index is 4.60. The van der Waals surface area contributed by atoms with Gasteiger partial charge in [-0.2, -0.15) is 5.10 Å². The second-order valence-electron chi connectivity index (χ2n) is 4.04. The number of rotatable bonds is 6. The molecule has 1 N–H and O–H groups in total. The lowest BCUT2D eigenvalue weighted by Crippen LogP contribution is -2.28. The van der Waals surface area contributed by atoms with Gasteiger partial charge in [-0.25, -0.2) is 0 Å². The van der Waals surface area contributed by atoms with Gasteiger partial charge in [-0.15, -0.1) is 0 Å². The molecule has 0 aliphatic rings. The van der Waals surface area contributed by atoms with E-state index in [4.69, 9.17) is 0 Å². The van der Waals surface area contributed by atoms with Crippen LogP contribution < -0.4 is 5.32 Å². The van der Waals surface area contributed by atoms with Crippen molar-refractivity contribution in [3.05, 3.63) is 15.9 Å². The second kappa shape index (κ2) is 6.40. The molecule has 1 heterocycles. The van der Waals surface area contributed by atoms with E-state index in [9.17, 15) is 0 Å². The number of aryl methyl sites for hydroxylation is 2. The third-order valence-electron chi connectivity index (χ3n) is 2.75. The minimum atomic E-state index is 0.494. The van der Waals surface area contributed by atoms with Crippen molar-refractivity contribution in [2.75, 3.05) is 6.54 Å². The van der Waals surface area contributed by atoms with Gasteiger partial charge in [0.25, 0.3) is 0 Å². The first kappa shape index (κ1) is 13.7. The molecule has 0 spiro atoms. The minimum absolute atomic E-state index is 0.494. The van der Waals surface area contributed by atoms with Crippen molar-refractivity contribution >= 4 is 15.9 Å². The van der Waals surface area contributed by atoms with E-state index < -0.39 is 0 Å². The summed E-state index contributed by atoms with van der Waals surface area (Å²) >= 11 is 3.67. The first-order valence-corrected chi connectivity index (χ1v) is 6.90. The van der Waals surface area contributed by atoms with Crippen LogP contribution in [0.2, 0.25) is 0 Å². The highest BCUT2D eigenvalue weighted by atomic mass is 79.9. The summed E-state index contributed by atoms with van der Waals surface area (Å²) in [6, 6.07) is 0.494. The Bertz CT molecular complexity index is 333. The zero-order chi connectivity index (χ0) is 12.1. The van der Waals surface area contributed by atoms with Crippen LogP contribution in [-0.2, 0) is 19.4 Å². The molecule has 16 heavy (non-hydrogen) atoms. The fourth-order valence-corrected chi connectivity index (χ4v) is 2.65. The molecule has 1 atom stereocenters. The Labute approximate surface area is 107 Å². The van der Waals surface area contributed by atoms with Crippen LogP contribution in [0.15, 0.2) is 4.47 Å². The molecule has 0 aromatic carbocycles. The fourth-order valence-electron chi connectivity index (χ4n) is 1.92. The zero-order valence-electron chi connectivity index (χ0n) is 10.7. The highest BCUT2D eigenvalue weighted by Gasteiger charge is 2.15. The largest absolute Gasteiger partial charge is 0.314 e. The molecule has 4 heteroatoms. The van der Waals surface area contributed by atoms with E-state index >= 15 is 0 Å². The molecule has 0 saturated carbocycles. The Balaban J connectivity index is 2.88. The molecule has 0 amide bonds. The summed E-state index contributed by atoms with van der Waals surface area (Å²) in [6.07, 6.45) is 2.01. The van der Waals surface area contributed by atoms with E-state index in [1.54, 1.807) is 0 Å². The Morgan fingerprint density at radius 2 is 2.06 bits per heavy atom. The quantitative estimate of drug-likeness (QED) is 0.872. The summed E-state index contributed by atoms with van der Waals surface area (Å²) in [4.78, 5) is 0. The first-order valence-electron chi connectivity index (χ1n) is 6.11. The Hall–Kier alpha value is -0.350. The van der Waals surface area contributed by atoms with Crippen LogP contribution in [0.3, 0.4) is 0 Å². The smallest absolute Gasteiger partial charge is 0.0766 e. The number of likely N-dealkylation sites (N-methyl/N-ethyl adjacent to an activating group) is 1. The lowest BCUT2D eigenvalue weighted by molar-refractivity contribution is 0.527. The topological polar surface area (TPSA) is 29.9 Å². The summed E-state index contributed by atoms with van der Waals surface area (Å²) < 4.78 is 3.30. The van der Waals surface area contributed by atoms with Crippen molar-refractivity contribution in [1.29, 1.82) is 0 Å². The number of aromatic nitrogens is 2. The van der Waals surface area contributed by atoms with Crippen LogP contribution in [0.1, 0.15) is 39.1 Å². The normalized spacial score (nSPS) is 13.1. The summed E-state index contributed by atoms with van der Waals surface area (Å²) in [7, 11) is 0. The van der Waals surface area contributed by atoms with Gasteiger partial charge in [-0.1, -0.05) is 13.8 Å². The molecule has 0 radical (unpaired) electrons. The Morgan fingerprint density at radius 3 is 2.56 bits per heavy atom. The summed E-state index contributed by atoms with van der Waals surface area (Å²) in [5.74, 6) is 0. The second-order valence-corrected chi connectivity index (χ2v) is 4.83. The van der Waals surface area contributed by atoms with E-state index in [1.165, 1.54) is 15.9 Å². The van der Waals surface area contributed by atoms with Crippen LogP contribution in [0.4, 0.5) is 0 Å². The van der Waals surface area contributed by atoms with E-state index in [0.29, 0.717) is 6.04 Å². The van der Waals surface area contributed by atoms with Gasteiger partial charge in [-0.05, 0) is 42.7 Å². The molecule has 1 rings (SSSR count). The van der Waals surface area contributed by atoms with E-state index in [2.05, 4.69) is 58.7 Å². The number of nitrogens with zero attached hydrogens (tertiary/aromatic N) is 2. The maximum Gasteiger partial charge on any atom is 0.0766 e. The van der Waals surface area contributed by atoms with Gasteiger partial charge >= 0.3 is 0 Å². The van der Waals surface area contributed by atoms with E-state index in [1.807, 2.05) is 0 Å². The van der Waals surface area contributed by atoms with Gasteiger partial charge in [0.2, 0.25) is 0 Å². The van der Waals surface area contributed by atoms with E-state index in [-0.39, 0.29) is 0 Å². The van der Waals surface area contributed by atoms with Crippen molar-refractivity contribution in [3.63, 3.8) is 0 Å². The van der Waals surface area contributed by atoms with Gasteiger partial charge in [0.15, 0.2) is 0 Å². The first-order chi connectivity index (χ1) is 7.63. The minimum Gasteiger partial charge on any atom is -0.314 e. The van der Waals surface area contributed by atoms with Gasteiger partial charge in [0, 0.05) is 19.0 Å². The van der Waals surface area contributed by atoms with Crippen molar-refractivity contribution in [1.82, 2.24) is 15.1 Å². The van der Waals surface area contributed by atoms with Gasteiger partial charge < -0.3 is 5.32 Å². The average Bonchev–Trinajstić information content (AvgIpc) is 2.56. The van der Waals surface area contributed by atoms with Crippen molar-refractivity contribution in [2.24, 2.45) is 0 Å². The Morgan fingerprint density at radius 1 is 1.38 bits per heavy atom. The van der Waals surface area contributed by atoms with Gasteiger partial charge in [0.1, 0.15) is 0 Å². The summed E-state index contributed by atoms with van der Waals surface area (Å²) in [6.45, 7) is 10.6. The van der Waals surface area contributed by atoms with Gasteiger partial charge in [-0.3, -0.25) is 4.68 Å². The Kier molecular flexibility index (Phi) is 5.49. The predicted molar refractivity (Wildman–Crippen MR) is 71.8 cm³/mol. The number of nitrogens with one attached hydrogen (secondary N) is 1. The molecular formula is C12H22BrN3. The van der Waals surface area contributed by atoms with Crippen molar-refractivity contribution in [3.8, 4) is 0 Å². The molecule has 1 aromatic heterocycles. The molecule has 0 aliphatic carbocycles. The zero-order valence-corrected chi connectivity index (χ0v) is 12.3. The van der Waals surface area contributed by atoms with Crippen LogP contribution in [-0.4, -0.2) is 22.4 Å². The SMILES string of the molecule is CCNC(C)Cc1c(Br)c(CC)nn1CC. The summed E-state index contributed by atoms with van der Waals surface area (Å²) in [5.41, 5.74) is 2.48. The predicted octanol–water partition coefficient (Wildman–Crippen LogP) is 2.77. The molecule has 0 bridgehead atoms. The molecule has 1 unspecified atom stereocenters. The molecular weight excluding hydrogens is 266 g/mol. The average molecular weight is 288 g/mol. The van der Waals surface area contributed by atoms with Crippen molar-refractivity contribution < 1.29 is 0 Å². The number of hydrogen-bond acceptors (Lipinski definition) is 2. The molecule has 0 saturated heterocycles. The molecule has 0 aliphatic heterocycles. The standard InChI is InChI=1S/C12H22BrN3/c1-5-10-12(13)11(16(7-3)15-10)8-9(4)14-6-2/h9,14H,5-8H2,1-4H3. The fraction of sp³-hybridized carbons (Fsp3) is 0.750. The lowest BCUT2D eigenvalue weighted by atomic mass is 10.1. The third-order valence-corrected chi connectivity index (χ3v) is 3.66. The molecule has 0 fully saturated rings. The van der Waals surface area contributed by atoms with Crippen LogP contribution >= 0.6 is 15.9 Å². The molecule has 3 nitrogen and oxygen atoms in total. The van der Waals surface area contributed by atoms with E-state index in [0.717, 1.165) is 25.9 Å². The van der Waals surface area contributed by atoms with Crippen molar-refractivity contribution in [2.45, 2.75) is 53.1 Å². The highest BCUT2D eigenvalue weighted by Crippen LogP contribution is 2.23. The summed E-state index contributed by atoms with van der Waals surface area (Å²) in [5, 5.41) is 8.04. The monoisotopic (exact) mass is 287 g/mol. The van der Waals surface area contributed by atoms with Crippen LogP contribution in [0.5, 0.6) is 0 Å². The maximum atomic E-state index is 4.60. The lowest BCUT2D eigenvalue weighted by Gasteiger charge is -2.13.